The number of nitrogens with one attached hydrogen (secondary N) is 3. The van der Waals surface area contributed by atoms with Crippen LogP contribution >= 0.6 is 11.6 Å². The monoisotopic (exact) mass is 296 g/mol. The van der Waals surface area contributed by atoms with Crippen molar-refractivity contribution in [1.82, 2.24) is 15.6 Å². The summed E-state index contributed by atoms with van der Waals surface area (Å²) >= 11 is 6.01. The Morgan fingerprint density at radius 2 is 2.20 bits per heavy atom. The first-order chi connectivity index (χ1) is 9.60. The lowest BCUT2D eigenvalue weighted by atomic mass is 10.2. The standard InChI is InChI=1S/C13H17ClN4O2/c1-2-15-12-10(14)5-8(6-16-12)13(20)17-7-11(19)18-9-3-4-9/h5-6,9H,2-4,7H2,1H3,(H,15,16)(H,17,20)(H,18,19). The van der Waals surface area contributed by atoms with Gasteiger partial charge in [0.25, 0.3) is 5.91 Å². The second-order valence-corrected chi connectivity index (χ2v) is 5.02. The van der Waals surface area contributed by atoms with Crippen LogP contribution in [0.5, 0.6) is 0 Å². The molecule has 1 saturated carbocycles. The highest BCUT2D eigenvalue weighted by atomic mass is 35.5. The van der Waals surface area contributed by atoms with E-state index >= 15 is 0 Å². The first-order valence-electron chi connectivity index (χ1n) is 6.57. The Morgan fingerprint density at radius 3 is 2.80 bits per heavy atom. The van der Waals surface area contributed by atoms with E-state index in [0.717, 1.165) is 12.8 Å². The molecule has 0 saturated heterocycles. The molecule has 0 unspecified atom stereocenters. The molecule has 0 radical (unpaired) electrons. The molecular weight excluding hydrogens is 280 g/mol. The molecule has 1 aromatic rings. The number of nitrogens with zero attached hydrogens (tertiary/aromatic N) is 1. The minimum Gasteiger partial charge on any atom is -0.369 e. The highest BCUT2D eigenvalue weighted by Gasteiger charge is 2.23. The van der Waals surface area contributed by atoms with E-state index in [9.17, 15) is 9.59 Å². The number of pyridine rings is 1. The van der Waals surface area contributed by atoms with Crippen LogP contribution in [0.3, 0.4) is 0 Å². The van der Waals surface area contributed by atoms with E-state index in [1.807, 2.05) is 6.92 Å². The Labute approximate surface area is 122 Å². The predicted molar refractivity (Wildman–Crippen MR) is 76.9 cm³/mol. The molecule has 2 rings (SSSR count). The molecule has 1 heterocycles. The van der Waals surface area contributed by atoms with E-state index < -0.39 is 0 Å². The number of aromatic nitrogens is 1. The fourth-order valence-electron chi connectivity index (χ4n) is 1.63. The summed E-state index contributed by atoms with van der Waals surface area (Å²) in [6, 6.07) is 1.82. The Hall–Kier alpha value is -1.82. The fraction of sp³-hybridized carbons (Fsp3) is 0.462. The summed E-state index contributed by atoms with van der Waals surface area (Å²) in [6.45, 7) is 2.58. The second-order valence-electron chi connectivity index (χ2n) is 4.61. The zero-order valence-corrected chi connectivity index (χ0v) is 12.0. The number of anilines is 1. The number of halogens is 1. The average Bonchev–Trinajstić information content (AvgIpc) is 3.22. The molecule has 2 amide bonds. The molecule has 108 valence electrons. The van der Waals surface area contributed by atoms with Crippen molar-refractivity contribution in [3.05, 3.63) is 22.8 Å². The molecule has 1 aliphatic rings. The van der Waals surface area contributed by atoms with Gasteiger partial charge in [0.1, 0.15) is 5.82 Å². The van der Waals surface area contributed by atoms with Crippen molar-refractivity contribution in [2.24, 2.45) is 0 Å². The van der Waals surface area contributed by atoms with E-state index in [4.69, 9.17) is 11.6 Å². The van der Waals surface area contributed by atoms with Gasteiger partial charge in [0.05, 0.1) is 17.1 Å². The number of amides is 2. The van der Waals surface area contributed by atoms with Crippen LogP contribution in [-0.2, 0) is 4.79 Å². The summed E-state index contributed by atoms with van der Waals surface area (Å²) in [6.07, 6.45) is 3.47. The molecule has 0 spiro atoms. The molecule has 7 heteroatoms. The van der Waals surface area contributed by atoms with Crippen molar-refractivity contribution in [2.75, 3.05) is 18.4 Å². The molecule has 0 aliphatic heterocycles. The normalized spacial score (nSPS) is 13.7. The second kappa shape index (κ2) is 6.56. The zero-order chi connectivity index (χ0) is 14.5. The maximum absolute atomic E-state index is 11.9. The van der Waals surface area contributed by atoms with Crippen LogP contribution in [0.25, 0.3) is 0 Å². The van der Waals surface area contributed by atoms with Gasteiger partial charge < -0.3 is 16.0 Å². The van der Waals surface area contributed by atoms with Crippen molar-refractivity contribution in [3.8, 4) is 0 Å². The van der Waals surface area contributed by atoms with Crippen LogP contribution in [0.1, 0.15) is 30.1 Å². The summed E-state index contributed by atoms with van der Waals surface area (Å²) in [5.74, 6) is -0.00485. The molecule has 0 bridgehead atoms. The van der Waals surface area contributed by atoms with E-state index in [2.05, 4.69) is 20.9 Å². The molecule has 1 aliphatic carbocycles. The smallest absolute Gasteiger partial charge is 0.253 e. The van der Waals surface area contributed by atoms with Gasteiger partial charge in [0, 0.05) is 18.8 Å². The number of carbonyl (C=O) groups is 2. The van der Waals surface area contributed by atoms with Gasteiger partial charge in [-0.3, -0.25) is 9.59 Å². The zero-order valence-electron chi connectivity index (χ0n) is 11.2. The third-order valence-electron chi connectivity index (χ3n) is 2.80. The summed E-state index contributed by atoms with van der Waals surface area (Å²) < 4.78 is 0. The lowest BCUT2D eigenvalue weighted by molar-refractivity contribution is -0.120. The van der Waals surface area contributed by atoms with Gasteiger partial charge in [0.15, 0.2) is 0 Å². The first-order valence-corrected chi connectivity index (χ1v) is 6.95. The average molecular weight is 297 g/mol. The molecule has 0 atom stereocenters. The lowest BCUT2D eigenvalue weighted by Crippen LogP contribution is -2.37. The van der Waals surface area contributed by atoms with E-state index in [1.165, 1.54) is 12.3 Å². The Morgan fingerprint density at radius 1 is 1.45 bits per heavy atom. The predicted octanol–water partition coefficient (Wildman–Crippen LogP) is 1.18. The number of rotatable bonds is 6. The van der Waals surface area contributed by atoms with Crippen LogP contribution in [-0.4, -0.2) is 35.9 Å². The molecule has 1 fully saturated rings. The number of carbonyl (C=O) groups excluding carboxylic acids is 2. The van der Waals surface area contributed by atoms with E-state index in [-0.39, 0.29) is 24.4 Å². The largest absolute Gasteiger partial charge is 0.369 e. The van der Waals surface area contributed by atoms with Gasteiger partial charge in [0.2, 0.25) is 5.91 Å². The topological polar surface area (TPSA) is 83.1 Å². The van der Waals surface area contributed by atoms with Crippen LogP contribution in [0.2, 0.25) is 5.02 Å². The highest BCUT2D eigenvalue weighted by Crippen LogP contribution is 2.20. The molecule has 20 heavy (non-hydrogen) atoms. The van der Waals surface area contributed by atoms with Gasteiger partial charge in [-0.05, 0) is 25.8 Å². The van der Waals surface area contributed by atoms with Crippen LogP contribution < -0.4 is 16.0 Å². The SMILES string of the molecule is CCNc1ncc(C(=O)NCC(=O)NC2CC2)cc1Cl. The van der Waals surface area contributed by atoms with Gasteiger partial charge in [-0.25, -0.2) is 4.98 Å². The maximum atomic E-state index is 11.9. The number of hydrogen-bond acceptors (Lipinski definition) is 4. The van der Waals surface area contributed by atoms with Gasteiger partial charge in [-0.1, -0.05) is 11.6 Å². The Balaban J connectivity index is 1.87. The van der Waals surface area contributed by atoms with Gasteiger partial charge in [-0.2, -0.15) is 0 Å². The van der Waals surface area contributed by atoms with Gasteiger partial charge in [-0.15, -0.1) is 0 Å². The van der Waals surface area contributed by atoms with Crippen molar-refractivity contribution >= 4 is 29.2 Å². The number of hydrogen-bond donors (Lipinski definition) is 3. The molecular formula is C13H17ClN4O2. The van der Waals surface area contributed by atoms with Crippen LogP contribution in [0.15, 0.2) is 12.3 Å². The van der Waals surface area contributed by atoms with Gasteiger partial charge >= 0.3 is 0 Å². The Kier molecular flexibility index (Phi) is 4.79. The van der Waals surface area contributed by atoms with Crippen molar-refractivity contribution in [2.45, 2.75) is 25.8 Å². The van der Waals surface area contributed by atoms with Crippen LogP contribution in [0, 0.1) is 0 Å². The third kappa shape index (κ3) is 4.09. The lowest BCUT2D eigenvalue weighted by Gasteiger charge is -2.08. The third-order valence-corrected chi connectivity index (χ3v) is 3.09. The summed E-state index contributed by atoms with van der Waals surface area (Å²) in [4.78, 5) is 27.4. The minimum atomic E-state index is -0.367. The van der Waals surface area contributed by atoms with Crippen molar-refractivity contribution in [1.29, 1.82) is 0 Å². The molecule has 0 aromatic carbocycles. The molecule has 6 nitrogen and oxygen atoms in total. The molecule has 1 aromatic heterocycles. The van der Waals surface area contributed by atoms with Crippen molar-refractivity contribution < 1.29 is 9.59 Å². The highest BCUT2D eigenvalue weighted by molar-refractivity contribution is 6.33. The summed E-state index contributed by atoms with van der Waals surface area (Å²) in [5.41, 5.74) is 0.330. The maximum Gasteiger partial charge on any atom is 0.253 e. The van der Waals surface area contributed by atoms with E-state index in [1.54, 1.807) is 0 Å². The quantitative estimate of drug-likeness (QED) is 0.736. The summed E-state index contributed by atoms with van der Waals surface area (Å²) in [5, 5.41) is 8.69. The van der Waals surface area contributed by atoms with Crippen LogP contribution in [0.4, 0.5) is 5.82 Å². The molecule has 3 N–H and O–H groups in total. The van der Waals surface area contributed by atoms with Crippen molar-refractivity contribution in [3.63, 3.8) is 0 Å². The minimum absolute atomic E-state index is 0.0398. The fourth-order valence-corrected chi connectivity index (χ4v) is 1.86. The first kappa shape index (κ1) is 14.6. The Bertz CT molecular complexity index is 517. The van der Waals surface area contributed by atoms with E-state index in [0.29, 0.717) is 22.9 Å². The summed E-state index contributed by atoms with van der Waals surface area (Å²) in [7, 11) is 0.